The van der Waals surface area contributed by atoms with Crippen LogP contribution in [0.5, 0.6) is 0 Å². The third-order valence-corrected chi connectivity index (χ3v) is 10.0. The van der Waals surface area contributed by atoms with E-state index in [4.69, 9.17) is 9.47 Å². The molecule has 0 N–H and O–H groups in total. The lowest BCUT2D eigenvalue weighted by atomic mass is 9.80. The molecule has 3 heterocycles. The van der Waals surface area contributed by atoms with E-state index in [1.54, 1.807) is 48.9 Å². The summed E-state index contributed by atoms with van der Waals surface area (Å²) in [5.41, 5.74) is 1.92. The van der Waals surface area contributed by atoms with E-state index in [1.807, 2.05) is 25.3 Å². The van der Waals surface area contributed by atoms with Crippen molar-refractivity contribution in [3.63, 3.8) is 0 Å². The van der Waals surface area contributed by atoms with E-state index in [1.165, 1.54) is 3.97 Å². The Hall–Kier alpha value is -1.86. The molecular weight excluding hydrogens is 573 g/mol. The number of aryl methyl sites for hydroxylation is 1. The predicted octanol–water partition coefficient (Wildman–Crippen LogP) is 5.31. The summed E-state index contributed by atoms with van der Waals surface area (Å²) in [6.07, 6.45) is 6.41. The quantitative estimate of drug-likeness (QED) is 0.213. The van der Waals surface area contributed by atoms with E-state index in [-0.39, 0.29) is 17.3 Å². The number of rotatable bonds is 7. The molecule has 4 aromatic rings. The van der Waals surface area contributed by atoms with Crippen molar-refractivity contribution in [3.8, 4) is 10.4 Å². The first kappa shape index (κ1) is 22.9. The molecule has 0 saturated heterocycles. The van der Waals surface area contributed by atoms with Gasteiger partial charge < -0.3 is 9.47 Å². The lowest BCUT2D eigenvalue weighted by molar-refractivity contribution is -0.171. The monoisotopic (exact) mass is 595 g/mol. The molecule has 1 aliphatic carbocycles. The normalized spacial score (nSPS) is 15.6. The fraction of sp³-hybridized carbons (Fsp3) is 0.304. The molecule has 0 unspecified atom stereocenters. The topological polar surface area (TPSA) is 83.3 Å². The molecule has 0 spiro atoms. The molecule has 7 nitrogen and oxygen atoms in total. The van der Waals surface area contributed by atoms with Crippen LogP contribution in [-0.4, -0.2) is 36.3 Å². The van der Waals surface area contributed by atoms with E-state index in [0.717, 1.165) is 45.7 Å². The minimum absolute atomic E-state index is 0.229. The van der Waals surface area contributed by atoms with Gasteiger partial charge in [0.05, 0.1) is 13.5 Å². The van der Waals surface area contributed by atoms with Crippen molar-refractivity contribution >= 4 is 55.0 Å². The first-order chi connectivity index (χ1) is 15.9. The zero-order chi connectivity index (χ0) is 23.2. The van der Waals surface area contributed by atoms with Gasteiger partial charge in [0.1, 0.15) is 17.4 Å². The molecule has 33 heavy (non-hydrogen) atoms. The summed E-state index contributed by atoms with van der Waals surface area (Å²) in [7, 11) is -2.18. The van der Waals surface area contributed by atoms with E-state index in [0.29, 0.717) is 9.35 Å². The molecule has 0 aliphatic heterocycles. The second-order valence-electron chi connectivity index (χ2n) is 8.07. The number of hydrogen-bond donors (Lipinski definition) is 0. The van der Waals surface area contributed by atoms with Crippen molar-refractivity contribution in [2.45, 2.75) is 36.7 Å². The molecule has 0 amide bonds. The van der Waals surface area contributed by atoms with Gasteiger partial charge in [0.15, 0.2) is 5.65 Å². The van der Waals surface area contributed by atoms with Gasteiger partial charge in [0.25, 0.3) is 10.0 Å². The van der Waals surface area contributed by atoms with Gasteiger partial charge in [-0.2, -0.15) is 0 Å². The van der Waals surface area contributed by atoms with Gasteiger partial charge in [0.2, 0.25) is 0 Å². The molecular formula is C23H22IN3O4S2. The summed E-state index contributed by atoms with van der Waals surface area (Å²) >= 11 is 3.63. The molecule has 172 valence electrons. The van der Waals surface area contributed by atoms with Crippen molar-refractivity contribution in [2.24, 2.45) is 0 Å². The first-order valence-corrected chi connectivity index (χ1v) is 13.8. The number of pyridine rings is 1. The van der Waals surface area contributed by atoms with Crippen LogP contribution in [0.25, 0.3) is 21.5 Å². The van der Waals surface area contributed by atoms with Crippen LogP contribution >= 0.6 is 33.9 Å². The highest BCUT2D eigenvalue weighted by Gasteiger charge is 2.42. The van der Waals surface area contributed by atoms with Crippen LogP contribution < -0.4 is 0 Å². The number of fused-ring (bicyclic) bond motifs is 1. The Morgan fingerprint density at radius 1 is 1.18 bits per heavy atom. The molecule has 1 saturated carbocycles. The minimum atomic E-state index is -3.79. The molecule has 3 aromatic heterocycles. The van der Waals surface area contributed by atoms with Crippen LogP contribution in [0.3, 0.4) is 0 Å². The second kappa shape index (κ2) is 8.73. The maximum Gasteiger partial charge on any atom is 0.270 e. The molecule has 10 heteroatoms. The van der Waals surface area contributed by atoms with Gasteiger partial charge in [0, 0.05) is 30.5 Å². The third kappa shape index (κ3) is 3.91. The van der Waals surface area contributed by atoms with Gasteiger partial charge in [-0.25, -0.2) is 22.4 Å². The average Bonchev–Trinajstić information content (AvgIpc) is 3.38. The van der Waals surface area contributed by atoms with Crippen LogP contribution in [-0.2, 0) is 25.1 Å². The first-order valence-electron chi connectivity index (χ1n) is 10.4. The minimum Gasteiger partial charge on any atom is -0.359 e. The number of nitrogens with zero attached hydrogens (tertiary/aromatic N) is 3. The van der Waals surface area contributed by atoms with Crippen molar-refractivity contribution in [1.82, 2.24) is 13.9 Å². The second-order valence-corrected chi connectivity index (χ2v) is 12.0. The Morgan fingerprint density at radius 3 is 2.61 bits per heavy atom. The summed E-state index contributed by atoms with van der Waals surface area (Å²) in [5.74, 6) is 0. The summed E-state index contributed by atoms with van der Waals surface area (Å²) in [5, 5.41) is 1.69. The number of benzene rings is 1. The maximum atomic E-state index is 13.5. The Kier molecular flexibility index (Phi) is 6.06. The van der Waals surface area contributed by atoms with Crippen molar-refractivity contribution < 1.29 is 17.9 Å². The Bertz CT molecular complexity index is 1420. The SMILES string of the molecule is COCOC1(c2ncc(-c3ccnc4c3cc(I)n4S(=O)(=O)c3ccc(C)cc3)s2)CCC1. The lowest BCUT2D eigenvalue weighted by Crippen LogP contribution is -2.37. The van der Waals surface area contributed by atoms with E-state index >= 15 is 0 Å². The van der Waals surface area contributed by atoms with Gasteiger partial charge in [-0.05, 0) is 73.0 Å². The van der Waals surface area contributed by atoms with Crippen LogP contribution in [0.4, 0.5) is 0 Å². The molecule has 0 bridgehead atoms. The van der Waals surface area contributed by atoms with Gasteiger partial charge >= 0.3 is 0 Å². The van der Waals surface area contributed by atoms with Gasteiger partial charge in [-0.15, -0.1) is 11.3 Å². The van der Waals surface area contributed by atoms with Crippen molar-refractivity contribution in [1.29, 1.82) is 0 Å². The zero-order valence-corrected chi connectivity index (χ0v) is 21.9. The Balaban J connectivity index is 1.59. The summed E-state index contributed by atoms with van der Waals surface area (Å²) in [6, 6.07) is 10.6. The molecule has 1 aromatic carbocycles. The fourth-order valence-electron chi connectivity index (χ4n) is 4.00. The van der Waals surface area contributed by atoms with Crippen molar-refractivity contribution in [3.05, 3.63) is 63.1 Å². The van der Waals surface area contributed by atoms with Crippen LogP contribution in [0.15, 0.2) is 53.7 Å². The summed E-state index contributed by atoms with van der Waals surface area (Å²) < 4.78 is 39.9. The van der Waals surface area contributed by atoms with E-state index < -0.39 is 10.0 Å². The smallest absolute Gasteiger partial charge is 0.270 e. The van der Waals surface area contributed by atoms with Crippen molar-refractivity contribution in [2.75, 3.05) is 13.9 Å². The standard InChI is InChI=1S/C23H22IN3O4S2/c1-15-4-6-16(7-5-15)33(28,29)27-20(24)12-18-17(8-11-25-21(18)27)19-13-26-22(32-19)23(9-3-10-23)31-14-30-2/h4-8,11-13H,3,9-10,14H2,1-2H3. The molecule has 1 fully saturated rings. The van der Waals surface area contributed by atoms with E-state index in [2.05, 4.69) is 32.6 Å². The van der Waals surface area contributed by atoms with Crippen LogP contribution in [0.1, 0.15) is 29.8 Å². The number of thiazole rings is 1. The fourth-order valence-corrected chi connectivity index (χ4v) is 7.82. The lowest BCUT2D eigenvalue weighted by Gasteiger charge is -2.39. The summed E-state index contributed by atoms with van der Waals surface area (Å²) in [4.78, 5) is 10.3. The molecule has 0 radical (unpaired) electrons. The van der Waals surface area contributed by atoms with Gasteiger partial charge in [-0.3, -0.25) is 0 Å². The molecule has 0 atom stereocenters. The highest BCUT2D eigenvalue weighted by Crippen LogP contribution is 2.48. The number of halogens is 1. The number of aromatic nitrogens is 3. The number of ether oxygens (including phenoxy) is 2. The highest BCUT2D eigenvalue weighted by atomic mass is 127. The van der Waals surface area contributed by atoms with Gasteiger partial charge in [-0.1, -0.05) is 17.7 Å². The third-order valence-electron chi connectivity index (χ3n) is 5.95. The largest absolute Gasteiger partial charge is 0.359 e. The Morgan fingerprint density at radius 2 is 1.94 bits per heavy atom. The van der Waals surface area contributed by atoms with E-state index in [9.17, 15) is 8.42 Å². The maximum absolute atomic E-state index is 13.5. The van der Waals surface area contributed by atoms with Crippen LogP contribution in [0, 0.1) is 10.6 Å². The average molecular weight is 595 g/mol. The predicted molar refractivity (Wildman–Crippen MR) is 136 cm³/mol. The zero-order valence-electron chi connectivity index (χ0n) is 18.1. The number of hydrogen-bond acceptors (Lipinski definition) is 7. The molecule has 1 aliphatic rings. The summed E-state index contributed by atoms with van der Waals surface area (Å²) in [6.45, 7) is 2.16. The Labute approximate surface area is 210 Å². The highest BCUT2D eigenvalue weighted by molar-refractivity contribution is 14.1. The number of methoxy groups -OCH3 is 1. The van der Waals surface area contributed by atoms with Crippen LogP contribution in [0.2, 0.25) is 0 Å². The molecule has 5 rings (SSSR count).